The maximum Gasteiger partial charge on any atom is 0.251 e. The van der Waals surface area contributed by atoms with Crippen molar-refractivity contribution in [3.05, 3.63) is 35.4 Å². The highest BCUT2D eigenvalue weighted by Crippen LogP contribution is 2.23. The van der Waals surface area contributed by atoms with Gasteiger partial charge in [0, 0.05) is 23.6 Å². The lowest BCUT2D eigenvalue weighted by Gasteiger charge is -2.27. The fraction of sp³-hybridized carbons (Fsp3) is 0.500. The zero-order chi connectivity index (χ0) is 15.1. The van der Waals surface area contributed by atoms with E-state index in [9.17, 15) is 4.79 Å². The van der Waals surface area contributed by atoms with Gasteiger partial charge in [-0.2, -0.15) is 0 Å². The van der Waals surface area contributed by atoms with Gasteiger partial charge < -0.3 is 10.4 Å². The molecule has 1 amide bonds. The molecule has 0 aliphatic heterocycles. The summed E-state index contributed by atoms with van der Waals surface area (Å²) in [5, 5.41) is 11.8. The first kappa shape index (κ1) is 15.6. The highest BCUT2D eigenvalue weighted by molar-refractivity contribution is 5.94. The number of amides is 1. The number of aliphatic hydroxyl groups is 1. The molecule has 3 nitrogen and oxygen atoms in total. The molecule has 2 N–H and O–H groups in total. The Morgan fingerprint density at radius 1 is 1.33 bits per heavy atom. The molecule has 2 rings (SSSR count). The lowest BCUT2D eigenvalue weighted by molar-refractivity contribution is 0.0921. The molecule has 0 radical (unpaired) electrons. The van der Waals surface area contributed by atoms with E-state index in [2.05, 4.69) is 24.1 Å². The summed E-state index contributed by atoms with van der Waals surface area (Å²) in [5.41, 5.74) is 1.55. The molecular formula is C18H23NO2. The van der Waals surface area contributed by atoms with Crippen molar-refractivity contribution < 1.29 is 9.90 Å². The Bertz CT molecular complexity index is 524. The lowest BCUT2D eigenvalue weighted by atomic mass is 9.87. The third-order valence-electron chi connectivity index (χ3n) is 3.89. The molecule has 2 atom stereocenters. The van der Waals surface area contributed by atoms with E-state index < -0.39 is 0 Å². The van der Waals surface area contributed by atoms with E-state index in [1.54, 1.807) is 0 Å². The highest BCUT2D eigenvalue weighted by atomic mass is 16.2. The van der Waals surface area contributed by atoms with Gasteiger partial charge in [-0.15, -0.1) is 0 Å². The topological polar surface area (TPSA) is 49.3 Å². The minimum atomic E-state index is 0.00367. The van der Waals surface area contributed by atoms with Crippen LogP contribution in [0.15, 0.2) is 24.3 Å². The Kier molecular flexibility index (Phi) is 5.83. The van der Waals surface area contributed by atoms with Gasteiger partial charge in [-0.05, 0) is 43.0 Å². The minimum Gasteiger partial charge on any atom is -0.395 e. The quantitative estimate of drug-likeness (QED) is 0.839. The normalized spacial score (nSPS) is 21.2. The predicted molar refractivity (Wildman–Crippen MR) is 83.9 cm³/mol. The van der Waals surface area contributed by atoms with Gasteiger partial charge in [-0.1, -0.05) is 31.6 Å². The largest absolute Gasteiger partial charge is 0.395 e. The zero-order valence-corrected chi connectivity index (χ0v) is 12.6. The monoisotopic (exact) mass is 285 g/mol. The lowest BCUT2D eigenvalue weighted by Crippen LogP contribution is -2.37. The SMILES string of the molecule is CC1CCCC(NC(=O)c2ccc(C#CCCO)cc2)C1. The number of benzene rings is 1. The van der Waals surface area contributed by atoms with E-state index in [1.165, 1.54) is 12.8 Å². The van der Waals surface area contributed by atoms with Crippen LogP contribution in [0.25, 0.3) is 0 Å². The van der Waals surface area contributed by atoms with Gasteiger partial charge in [0.15, 0.2) is 0 Å². The first-order valence-electron chi connectivity index (χ1n) is 7.69. The molecule has 0 bridgehead atoms. The standard InChI is InChI=1S/C18H23NO2/c1-14-5-4-7-17(13-14)19-18(21)16-10-8-15(9-11-16)6-2-3-12-20/h8-11,14,17,20H,3-5,7,12-13H2,1H3,(H,19,21). The van der Waals surface area contributed by atoms with Crippen molar-refractivity contribution in [3.8, 4) is 11.8 Å². The number of carbonyl (C=O) groups excluding carboxylic acids is 1. The Morgan fingerprint density at radius 2 is 2.10 bits per heavy atom. The molecule has 1 aromatic rings. The van der Waals surface area contributed by atoms with Gasteiger partial charge in [-0.25, -0.2) is 0 Å². The van der Waals surface area contributed by atoms with Crippen LogP contribution in [0.4, 0.5) is 0 Å². The fourth-order valence-electron chi connectivity index (χ4n) is 2.76. The van der Waals surface area contributed by atoms with E-state index in [-0.39, 0.29) is 12.5 Å². The molecule has 0 saturated heterocycles. The van der Waals surface area contributed by atoms with Crippen LogP contribution in [0.3, 0.4) is 0 Å². The summed E-state index contributed by atoms with van der Waals surface area (Å²) in [7, 11) is 0. The molecular weight excluding hydrogens is 262 g/mol. The smallest absolute Gasteiger partial charge is 0.251 e. The molecule has 0 spiro atoms. The molecule has 1 aromatic carbocycles. The van der Waals surface area contributed by atoms with E-state index in [0.717, 1.165) is 18.4 Å². The van der Waals surface area contributed by atoms with Gasteiger partial charge in [0.2, 0.25) is 0 Å². The molecule has 112 valence electrons. The van der Waals surface area contributed by atoms with Crippen molar-refractivity contribution in [1.29, 1.82) is 0 Å². The summed E-state index contributed by atoms with van der Waals surface area (Å²) >= 11 is 0. The second kappa shape index (κ2) is 7.85. The number of rotatable bonds is 3. The molecule has 0 heterocycles. The van der Waals surface area contributed by atoms with Crippen LogP contribution in [0.1, 0.15) is 54.9 Å². The van der Waals surface area contributed by atoms with Crippen molar-refractivity contribution in [2.24, 2.45) is 5.92 Å². The van der Waals surface area contributed by atoms with Gasteiger partial charge >= 0.3 is 0 Å². The van der Waals surface area contributed by atoms with Crippen molar-refractivity contribution in [2.45, 2.75) is 45.1 Å². The zero-order valence-electron chi connectivity index (χ0n) is 12.6. The number of hydrogen-bond donors (Lipinski definition) is 2. The molecule has 1 fully saturated rings. The Hall–Kier alpha value is -1.79. The Morgan fingerprint density at radius 3 is 2.76 bits per heavy atom. The third-order valence-corrected chi connectivity index (χ3v) is 3.89. The Balaban J connectivity index is 1.92. The molecule has 1 aliphatic carbocycles. The average Bonchev–Trinajstić information content (AvgIpc) is 2.48. The predicted octanol–water partition coefficient (Wildman–Crippen LogP) is 2.73. The number of carbonyl (C=O) groups is 1. The van der Waals surface area contributed by atoms with Crippen molar-refractivity contribution in [3.63, 3.8) is 0 Å². The summed E-state index contributed by atoms with van der Waals surface area (Å²) in [6, 6.07) is 7.63. The summed E-state index contributed by atoms with van der Waals surface area (Å²) in [6.07, 6.45) is 5.11. The number of hydrogen-bond acceptors (Lipinski definition) is 2. The van der Waals surface area contributed by atoms with E-state index in [1.807, 2.05) is 24.3 Å². The van der Waals surface area contributed by atoms with Gasteiger partial charge in [0.05, 0.1) is 6.61 Å². The first-order chi connectivity index (χ1) is 10.2. The second-order valence-corrected chi connectivity index (χ2v) is 5.79. The van der Waals surface area contributed by atoms with Crippen LogP contribution in [0.2, 0.25) is 0 Å². The highest BCUT2D eigenvalue weighted by Gasteiger charge is 2.20. The van der Waals surface area contributed by atoms with Gasteiger partial charge in [-0.3, -0.25) is 4.79 Å². The summed E-state index contributed by atoms with van der Waals surface area (Å²) in [5.74, 6) is 6.53. The van der Waals surface area contributed by atoms with E-state index >= 15 is 0 Å². The first-order valence-corrected chi connectivity index (χ1v) is 7.69. The van der Waals surface area contributed by atoms with Crippen LogP contribution in [0, 0.1) is 17.8 Å². The Labute approximate surface area is 126 Å². The van der Waals surface area contributed by atoms with Crippen LogP contribution in [-0.4, -0.2) is 23.7 Å². The van der Waals surface area contributed by atoms with E-state index in [0.29, 0.717) is 23.9 Å². The summed E-state index contributed by atoms with van der Waals surface area (Å²) < 4.78 is 0. The molecule has 1 aliphatic rings. The van der Waals surface area contributed by atoms with Gasteiger partial charge in [0.1, 0.15) is 0 Å². The maximum atomic E-state index is 12.2. The van der Waals surface area contributed by atoms with Crippen LogP contribution in [-0.2, 0) is 0 Å². The van der Waals surface area contributed by atoms with Crippen molar-refractivity contribution in [2.75, 3.05) is 6.61 Å². The van der Waals surface area contributed by atoms with Crippen LogP contribution >= 0.6 is 0 Å². The molecule has 21 heavy (non-hydrogen) atoms. The number of nitrogens with one attached hydrogen (secondary N) is 1. The minimum absolute atomic E-state index is 0.00367. The molecule has 1 saturated carbocycles. The van der Waals surface area contributed by atoms with E-state index in [4.69, 9.17) is 5.11 Å². The third kappa shape index (κ3) is 4.91. The summed E-state index contributed by atoms with van der Waals surface area (Å²) in [6.45, 7) is 2.32. The van der Waals surface area contributed by atoms with Crippen molar-refractivity contribution >= 4 is 5.91 Å². The van der Waals surface area contributed by atoms with Crippen LogP contribution < -0.4 is 5.32 Å². The second-order valence-electron chi connectivity index (χ2n) is 5.79. The van der Waals surface area contributed by atoms with Crippen molar-refractivity contribution in [1.82, 2.24) is 5.32 Å². The molecule has 0 aromatic heterocycles. The fourth-order valence-corrected chi connectivity index (χ4v) is 2.76. The van der Waals surface area contributed by atoms with Crippen LogP contribution in [0.5, 0.6) is 0 Å². The molecule has 2 unspecified atom stereocenters. The number of aliphatic hydroxyl groups excluding tert-OH is 1. The molecule has 3 heteroatoms. The van der Waals surface area contributed by atoms with Gasteiger partial charge in [0.25, 0.3) is 5.91 Å². The maximum absolute atomic E-state index is 12.2. The average molecular weight is 285 g/mol. The summed E-state index contributed by atoms with van der Waals surface area (Å²) in [4.78, 5) is 12.2.